The van der Waals surface area contributed by atoms with Gasteiger partial charge in [-0.2, -0.15) is 0 Å². The number of fused-ring (bicyclic) bond motifs is 1. The maximum Gasteiger partial charge on any atom is 0.180 e. The number of ether oxygens (including phenoxy) is 2. The van der Waals surface area contributed by atoms with E-state index in [0.29, 0.717) is 5.13 Å². The second kappa shape index (κ2) is 7.68. The molecular weight excluding hydrogens is 322 g/mol. The first-order valence-corrected chi connectivity index (χ1v) is 8.85. The molecule has 128 valence electrons. The van der Waals surface area contributed by atoms with Crippen LogP contribution >= 0.6 is 11.3 Å². The Morgan fingerprint density at radius 1 is 1.17 bits per heavy atom. The molecule has 2 aromatic rings. The Kier molecular flexibility index (Phi) is 5.37. The van der Waals surface area contributed by atoms with E-state index >= 15 is 0 Å². The lowest BCUT2D eigenvalue weighted by molar-refractivity contribution is 0.318. The van der Waals surface area contributed by atoms with E-state index < -0.39 is 0 Å². The van der Waals surface area contributed by atoms with E-state index in [9.17, 15) is 0 Å². The number of anilines is 1. The number of nitrogens with zero attached hydrogens (tertiary/aromatic N) is 2. The molecule has 0 amide bonds. The van der Waals surface area contributed by atoms with E-state index in [4.69, 9.17) is 15.2 Å². The monoisotopic (exact) mass is 345 g/mol. The van der Waals surface area contributed by atoms with E-state index in [1.165, 1.54) is 10.6 Å². The minimum Gasteiger partial charge on any atom is -0.497 e. The summed E-state index contributed by atoms with van der Waals surface area (Å²) in [5.41, 5.74) is 8.06. The third kappa shape index (κ3) is 4.07. The first kappa shape index (κ1) is 16.8. The van der Waals surface area contributed by atoms with Crippen LogP contribution in [0.5, 0.6) is 11.5 Å². The van der Waals surface area contributed by atoms with Crippen molar-refractivity contribution in [2.45, 2.75) is 12.8 Å². The van der Waals surface area contributed by atoms with Gasteiger partial charge in [0.2, 0.25) is 0 Å². The molecular formula is C18H23N3O2S. The number of hydrogen-bond donors (Lipinski definition) is 1. The molecule has 3 rings (SSSR count). The van der Waals surface area contributed by atoms with Crippen LogP contribution in [0.1, 0.15) is 16.1 Å². The van der Waals surface area contributed by atoms with Crippen LogP contribution in [0.15, 0.2) is 24.3 Å². The quantitative estimate of drug-likeness (QED) is 0.903. The fourth-order valence-electron chi connectivity index (χ4n) is 2.88. The predicted molar refractivity (Wildman–Crippen MR) is 99.0 cm³/mol. The van der Waals surface area contributed by atoms with Gasteiger partial charge in [0.15, 0.2) is 5.13 Å². The second-order valence-electron chi connectivity index (χ2n) is 5.77. The summed E-state index contributed by atoms with van der Waals surface area (Å²) in [7, 11) is 3.33. The maximum atomic E-state index is 5.80. The largest absolute Gasteiger partial charge is 0.497 e. The molecule has 5 nitrogen and oxygen atoms in total. The first-order chi connectivity index (χ1) is 11.7. The first-order valence-electron chi connectivity index (χ1n) is 8.04. The molecule has 1 aliphatic rings. The van der Waals surface area contributed by atoms with Gasteiger partial charge in [-0.15, -0.1) is 11.3 Å². The summed E-state index contributed by atoms with van der Waals surface area (Å²) in [6, 6.07) is 5.89. The Balaban J connectivity index is 1.60. The van der Waals surface area contributed by atoms with E-state index in [1.807, 2.05) is 18.2 Å². The SMILES string of the molecule is COc1cc(/C=C/CN2CCc3nc(N)sc3CC2)cc(OC)c1. The maximum absolute atomic E-state index is 5.80. The molecule has 2 N–H and O–H groups in total. The van der Waals surface area contributed by atoms with Crippen LogP contribution in [0.4, 0.5) is 5.13 Å². The Bertz CT molecular complexity index is 679. The van der Waals surface area contributed by atoms with Crippen LogP contribution in [-0.2, 0) is 12.8 Å². The van der Waals surface area contributed by atoms with Gasteiger partial charge < -0.3 is 15.2 Å². The number of hydrogen-bond acceptors (Lipinski definition) is 6. The van der Waals surface area contributed by atoms with Crippen LogP contribution in [0, 0.1) is 0 Å². The molecule has 0 saturated heterocycles. The van der Waals surface area contributed by atoms with Crippen molar-refractivity contribution in [2.75, 3.05) is 39.6 Å². The summed E-state index contributed by atoms with van der Waals surface area (Å²) in [6.07, 6.45) is 6.31. The second-order valence-corrected chi connectivity index (χ2v) is 6.89. The Hall–Kier alpha value is -2.05. The molecule has 1 aromatic carbocycles. The molecule has 0 aliphatic carbocycles. The zero-order valence-corrected chi connectivity index (χ0v) is 14.9. The molecule has 0 saturated carbocycles. The molecule has 0 spiro atoms. The van der Waals surface area contributed by atoms with Gasteiger partial charge in [0.25, 0.3) is 0 Å². The molecule has 0 fully saturated rings. The van der Waals surface area contributed by atoms with Crippen molar-refractivity contribution < 1.29 is 9.47 Å². The smallest absolute Gasteiger partial charge is 0.180 e. The molecule has 24 heavy (non-hydrogen) atoms. The summed E-state index contributed by atoms with van der Waals surface area (Å²) in [5.74, 6) is 1.61. The van der Waals surface area contributed by atoms with Crippen LogP contribution < -0.4 is 15.2 Å². The topological polar surface area (TPSA) is 60.6 Å². The van der Waals surface area contributed by atoms with Gasteiger partial charge in [0, 0.05) is 37.0 Å². The summed E-state index contributed by atoms with van der Waals surface area (Å²) in [4.78, 5) is 8.22. The number of aromatic nitrogens is 1. The lowest BCUT2D eigenvalue weighted by atomic mass is 10.2. The summed E-state index contributed by atoms with van der Waals surface area (Å²) in [5, 5.41) is 0.695. The number of benzene rings is 1. The third-order valence-electron chi connectivity index (χ3n) is 4.16. The summed E-state index contributed by atoms with van der Waals surface area (Å²) in [6.45, 7) is 2.98. The molecule has 0 unspecified atom stereocenters. The molecule has 6 heteroatoms. The van der Waals surface area contributed by atoms with E-state index in [-0.39, 0.29) is 0 Å². The van der Waals surface area contributed by atoms with E-state index in [2.05, 4.69) is 22.0 Å². The zero-order valence-electron chi connectivity index (χ0n) is 14.1. The third-order valence-corrected chi connectivity index (χ3v) is 5.15. The lowest BCUT2D eigenvalue weighted by Crippen LogP contribution is -2.26. The standard InChI is InChI=1S/C18H23N3O2S/c1-22-14-10-13(11-15(12-14)23-2)4-3-7-21-8-5-16-17(6-9-21)24-18(19)20-16/h3-4,10-12H,5-9H2,1-2H3,(H2,19,20)/b4-3+. The highest BCUT2D eigenvalue weighted by Crippen LogP contribution is 2.25. The van der Waals surface area contributed by atoms with Crippen LogP contribution in [0.2, 0.25) is 0 Å². The van der Waals surface area contributed by atoms with Gasteiger partial charge in [-0.05, 0) is 24.1 Å². The van der Waals surface area contributed by atoms with Crippen molar-refractivity contribution in [1.82, 2.24) is 9.88 Å². The van der Waals surface area contributed by atoms with Gasteiger partial charge in [-0.3, -0.25) is 4.90 Å². The molecule has 1 aliphatic heterocycles. The minimum absolute atomic E-state index is 0.695. The highest BCUT2D eigenvalue weighted by atomic mass is 32.1. The van der Waals surface area contributed by atoms with E-state index in [0.717, 1.165) is 49.5 Å². The molecule has 0 radical (unpaired) electrons. The minimum atomic E-state index is 0.695. The molecule has 1 aromatic heterocycles. The highest BCUT2D eigenvalue weighted by Gasteiger charge is 2.16. The fourth-order valence-corrected chi connectivity index (χ4v) is 3.74. The summed E-state index contributed by atoms with van der Waals surface area (Å²) >= 11 is 1.63. The number of methoxy groups -OCH3 is 2. The molecule has 2 heterocycles. The van der Waals surface area contributed by atoms with Gasteiger partial charge in [0.05, 0.1) is 19.9 Å². The number of thiazole rings is 1. The predicted octanol–water partition coefficient (Wildman–Crippen LogP) is 2.86. The number of nitrogens with two attached hydrogens (primary N) is 1. The van der Waals surface area contributed by atoms with Crippen molar-refractivity contribution in [1.29, 1.82) is 0 Å². The average Bonchev–Trinajstić information content (AvgIpc) is 2.85. The number of nitrogen functional groups attached to an aromatic ring is 1. The zero-order chi connectivity index (χ0) is 16.9. The van der Waals surface area contributed by atoms with Gasteiger partial charge in [-0.25, -0.2) is 4.98 Å². The summed E-state index contributed by atoms with van der Waals surface area (Å²) < 4.78 is 10.6. The Morgan fingerprint density at radius 3 is 2.58 bits per heavy atom. The number of rotatable bonds is 5. The van der Waals surface area contributed by atoms with Gasteiger partial charge in [0.1, 0.15) is 11.5 Å². The van der Waals surface area contributed by atoms with E-state index in [1.54, 1.807) is 25.6 Å². The molecule has 0 atom stereocenters. The van der Waals surface area contributed by atoms with Crippen molar-refractivity contribution in [3.63, 3.8) is 0 Å². The van der Waals surface area contributed by atoms with Crippen molar-refractivity contribution in [2.24, 2.45) is 0 Å². The molecule has 0 bridgehead atoms. The van der Waals surface area contributed by atoms with Crippen molar-refractivity contribution in [3.05, 3.63) is 40.4 Å². The van der Waals surface area contributed by atoms with Crippen LogP contribution in [0.3, 0.4) is 0 Å². The Labute approximate surface area is 146 Å². The van der Waals surface area contributed by atoms with Crippen molar-refractivity contribution in [3.8, 4) is 11.5 Å². The Morgan fingerprint density at radius 2 is 1.88 bits per heavy atom. The van der Waals surface area contributed by atoms with Crippen LogP contribution in [-0.4, -0.2) is 43.7 Å². The lowest BCUT2D eigenvalue weighted by Gasteiger charge is -2.17. The van der Waals surface area contributed by atoms with Gasteiger partial charge in [-0.1, -0.05) is 12.2 Å². The fraction of sp³-hybridized carbons (Fsp3) is 0.389. The van der Waals surface area contributed by atoms with Crippen LogP contribution in [0.25, 0.3) is 6.08 Å². The van der Waals surface area contributed by atoms with Crippen molar-refractivity contribution >= 4 is 22.5 Å². The normalized spacial score (nSPS) is 15.2. The highest BCUT2D eigenvalue weighted by molar-refractivity contribution is 7.15. The van der Waals surface area contributed by atoms with Gasteiger partial charge >= 0.3 is 0 Å². The average molecular weight is 345 g/mol.